The van der Waals surface area contributed by atoms with Crippen LogP contribution in [0, 0.1) is 0 Å². The predicted molar refractivity (Wildman–Crippen MR) is 56.5 cm³/mol. The summed E-state index contributed by atoms with van der Waals surface area (Å²) in [5, 5.41) is 4.08. The third-order valence-corrected chi connectivity index (χ3v) is 2.56. The van der Waals surface area contributed by atoms with Crippen LogP contribution in [-0.2, 0) is 23.0 Å². The van der Waals surface area contributed by atoms with Gasteiger partial charge in [-0.2, -0.15) is 5.10 Å². The molecule has 0 aliphatic heterocycles. The maximum Gasteiger partial charge on any atom is 0.337 e. The summed E-state index contributed by atoms with van der Waals surface area (Å²) in [7, 11) is 8.53. The summed E-state index contributed by atoms with van der Waals surface area (Å²) in [5.41, 5.74) is 1.10. The monoisotopic (exact) mass is 220 g/mol. The van der Waals surface area contributed by atoms with Gasteiger partial charge in [-0.1, -0.05) is 5.47 Å². The van der Waals surface area contributed by atoms with Crippen LogP contribution in [0.2, 0.25) is 0 Å². The van der Waals surface area contributed by atoms with Crippen molar-refractivity contribution >= 4 is 19.4 Å². The van der Waals surface area contributed by atoms with Crippen LogP contribution in [0.25, 0.3) is 5.57 Å². The minimum absolute atomic E-state index is 0.0765. The molecule has 0 saturated carbocycles. The summed E-state index contributed by atoms with van der Waals surface area (Å²) in [6.45, 7) is 0. The molecule has 1 aromatic heterocycles. The Morgan fingerprint density at radius 2 is 2.44 bits per heavy atom. The fraction of sp³-hybridized carbons (Fsp3) is 0.400. The molecule has 82 valence electrons. The molecule has 0 aromatic carbocycles. The Kier molecular flexibility index (Phi) is 2.57. The Morgan fingerprint density at radius 1 is 1.75 bits per heavy atom. The molecule has 4 nitrogen and oxygen atoms in total. The number of rotatable bonds is 1. The van der Waals surface area contributed by atoms with E-state index in [-0.39, 0.29) is 17.5 Å². The summed E-state index contributed by atoms with van der Waals surface area (Å²) in [6.07, 6.45) is 0.361. The first kappa shape index (κ1) is 10.9. The van der Waals surface area contributed by atoms with E-state index in [9.17, 15) is 9.18 Å². The summed E-state index contributed by atoms with van der Waals surface area (Å²) in [6, 6.07) is 0. The average Bonchev–Trinajstić information content (AvgIpc) is 2.59. The van der Waals surface area contributed by atoms with E-state index in [2.05, 4.69) is 9.84 Å². The predicted octanol–water partition coefficient (Wildman–Crippen LogP) is 0.367. The Morgan fingerprint density at radius 3 is 3.06 bits per heavy atom. The molecule has 1 atom stereocenters. The SMILES string of the molecule is [B]C1=C(C(=O)OC)c2cn(C)nc2CC1F. The van der Waals surface area contributed by atoms with Crippen LogP contribution in [0.3, 0.4) is 0 Å². The molecule has 0 N–H and O–H groups in total. The van der Waals surface area contributed by atoms with Gasteiger partial charge in [0.25, 0.3) is 0 Å². The van der Waals surface area contributed by atoms with E-state index in [0.717, 1.165) is 0 Å². The van der Waals surface area contributed by atoms with Crippen LogP contribution < -0.4 is 0 Å². The number of ether oxygens (including phenoxy) is 1. The van der Waals surface area contributed by atoms with E-state index in [1.54, 1.807) is 13.2 Å². The lowest BCUT2D eigenvalue weighted by molar-refractivity contribution is -0.133. The lowest BCUT2D eigenvalue weighted by Crippen LogP contribution is -2.21. The van der Waals surface area contributed by atoms with Gasteiger partial charge >= 0.3 is 5.97 Å². The summed E-state index contributed by atoms with van der Waals surface area (Å²) >= 11 is 0. The van der Waals surface area contributed by atoms with Crippen LogP contribution in [0.1, 0.15) is 11.3 Å². The molecule has 1 unspecified atom stereocenters. The molecule has 1 heterocycles. The molecule has 0 amide bonds. The second-order valence-electron chi connectivity index (χ2n) is 3.66. The number of hydrogen-bond acceptors (Lipinski definition) is 3. The highest BCUT2D eigenvalue weighted by molar-refractivity contribution is 6.34. The number of methoxy groups -OCH3 is 1. The zero-order valence-electron chi connectivity index (χ0n) is 9.03. The zero-order chi connectivity index (χ0) is 11.9. The van der Waals surface area contributed by atoms with Crippen LogP contribution in [0.5, 0.6) is 0 Å². The van der Waals surface area contributed by atoms with Gasteiger partial charge in [-0.15, -0.1) is 0 Å². The van der Waals surface area contributed by atoms with E-state index in [0.29, 0.717) is 11.3 Å². The van der Waals surface area contributed by atoms with Gasteiger partial charge < -0.3 is 4.74 Å². The molecule has 1 aromatic rings. The normalized spacial score (nSPS) is 19.6. The number of allylic oxidation sites excluding steroid dienone is 1. The lowest BCUT2D eigenvalue weighted by Gasteiger charge is -2.19. The van der Waals surface area contributed by atoms with Crippen molar-refractivity contribution in [1.82, 2.24) is 9.78 Å². The first-order valence-corrected chi connectivity index (χ1v) is 4.79. The highest BCUT2D eigenvalue weighted by Gasteiger charge is 2.30. The lowest BCUT2D eigenvalue weighted by atomic mass is 9.78. The van der Waals surface area contributed by atoms with E-state index in [4.69, 9.17) is 7.85 Å². The molecule has 1 aliphatic rings. The van der Waals surface area contributed by atoms with Crippen LogP contribution in [0.4, 0.5) is 4.39 Å². The number of carbonyl (C=O) groups excluding carboxylic acids is 1. The minimum Gasteiger partial charge on any atom is -0.465 e. The number of halogens is 1. The molecule has 2 radical (unpaired) electrons. The molecule has 1 aliphatic carbocycles. The number of esters is 1. The van der Waals surface area contributed by atoms with E-state index >= 15 is 0 Å². The Bertz CT molecular complexity index is 481. The zero-order valence-corrected chi connectivity index (χ0v) is 9.03. The number of aryl methyl sites for hydroxylation is 1. The van der Waals surface area contributed by atoms with Gasteiger partial charge in [0.05, 0.1) is 18.4 Å². The van der Waals surface area contributed by atoms with Crippen molar-refractivity contribution in [3.63, 3.8) is 0 Å². The number of alkyl halides is 1. The molecule has 0 spiro atoms. The van der Waals surface area contributed by atoms with Gasteiger partial charge in [-0.05, 0) is 0 Å². The van der Waals surface area contributed by atoms with Crippen molar-refractivity contribution < 1.29 is 13.9 Å². The van der Waals surface area contributed by atoms with Gasteiger partial charge in [0.2, 0.25) is 0 Å². The van der Waals surface area contributed by atoms with Crippen LogP contribution >= 0.6 is 0 Å². The largest absolute Gasteiger partial charge is 0.465 e. The molecule has 2 rings (SSSR count). The highest BCUT2D eigenvalue weighted by Crippen LogP contribution is 2.31. The Hall–Kier alpha value is -1.59. The summed E-state index contributed by atoms with van der Waals surface area (Å²) in [5.74, 6) is -0.630. The van der Waals surface area contributed by atoms with Gasteiger partial charge in [0.1, 0.15) is 14.0 Å². The van der Waals surface area contributed by atoms with E-state index in [1.165, 1.54) is 11.8 Å². The Labute approximate surface area is 93.5 Å². The van der Waals surface area contributed by atoms with E-state index in [1.807, 2.05) is 0 Å². The topological polar surface area (TPSA) is 44.1 Å². The van der Waals surface area contributed by atoms with Gasteiger partial charge in [0.15, 0.2) is 0 Å². The van der Waals surface area contributed by atoms with Gasteiger partial charge in [-0.3, -0.25) is 4.68 Å². The summed E-state index contributed by atoms with van der Waals surface area (Å²) < 4.78 is 19.7. The van der Waals surface area contributed by atoms with E-state index < -0.39 is 12.1 Å². The second-order valence-corrected chi connectivity index (χ2v) is 3.66. The standard InChI is InChI=1S/C10H10BFN2O2/c1-14-4-5-7(13-14)3-6(12)9(11)8(5)10(15)16-2/h4,6H,3H2,1-2H3. The fourth-order valence-corrected chi connectivity index (χ4v) is 1.82. The van der Waals surface area contributed by atoms with Crippen LogP contribution in [-0.4, -0.2) is 36.9 Å². The molecule has 0 saturated heterocycles. The smallest absolute Gasteiger partial charge is 0.337 e. The first-order chi connectivity index (χ1) is 7.54. The number of hydrogen-bond donors (Lipinski definition) is 0. The molecule has 0 fully saturated rings. The van der Waals surface area contributed by atoms with Crippen molar-refractivity contribution in [2.75, 3.05) is 7.11 Å². The number of carbonyl (C=O) groups is 1. The van der Waals surface area contributed by atoms with Crippen molar-refractivity contribution in [1.29, 1.82) is 0 Å². The maximum absolute atomic E-state index is 13.6. The third-order valence-electron chi connectivity index (χ3n) is 2.56. The molecular weight excluding hydrogens is 210 g/mol. The second kappa shape index (κ2) is 3.77. The van der Waals surface area contributed by atoms with Crippen molar-refractivity contribution in [3.8, 4) is 0 Å². The molecule has 16 heavy (non-hydrogen) atoms. The Balaban J connectivity index is 2.59. The first-order valence-electron chi connectivity index (χ1n) is 4.79. The highest BCUT2D eigenvalue weighted by atomic mass is 19.1. The minimum atomic E-state index is -1.38. The van der Waals surface area contributed by atoms with Crippen molar-refractivity contribution in [2.24, 2.45) is 7.05 Å². The average molecular weight is 220 g/mol. The maximum atomic E-state index is 13.6. The number of fused-ring (bicyclic) bond motifs is 1. The molecule has 0 bridgehead atoms. The molecule has 6 heteroatoms. The van der Waals surface area contributed by atoms with Crippen molar-refractivity contribution in [2.45, 2.75) is 12.6 Å². The van der Waals surface area contributed by atoms with Crippen LogP contribution in [0.15, 0.2) is 11.7 Å². The quantitative estimate of drug-likeness (QED) is 0.507. The number of nitrogens with zero attached hydrogens (tertiary/aromatic N) is 2. The number of aromatic nitrogens is 2. The molecular formula is C10H10BFN2O2. The van der Waals surface area contributed by atoms with Crippen molar-refractivity contribution in [3.05, 3.63) is 22.9 Å². The van der Waals surface area contributed by atoms with Gasteiger partial charge in [0, 0.05) is 25.2 Å². The third kappa shape index (κ3) is 1.54. The summed E-state index contributed by atoms with van der Waals surface area (Å²) in [4.78, 5) is 11.5. The fourth-order valence-electron chi connectivity index (χ4n) is 1.82. The van der Waals surface area contributed by atoms with Gasteiger partial charge in [-0.25, -0.2) is 9.18 Å².